The number of nitrogens with one attached hydrogen (secondary N) is 2. The van der Waals surface area contributed by atoms with Crippen LogP contribution in [-0.2, 0) is 11.3 Å². The molecule has 1 aromatic carbocycles. The lowest BCUT2D eigenvalue weighted by molar-refractivity contribution is -0.174. The molecule has 2 rings (SSSR count). The summed E-state index contributed by atoms with van der Waals surface area (Å²) in [6, 6.07) is 6.56. The molecule has 0 saturated carbocycles. The Morgan fingerprint density at radius 3 is 1.93 bits per heavy atom. The second-order valence-electron chi connectivity index (χ2n) is 5.44. The lowest BCUT2D eigenvalue weighted by atomic mass is 10.1. The van der Waals surface area contributed by atoms with E-state index in [4.69, 9.17) is 0 Å². The van der Waals surface area contributed by atoms with Crippen LogP contribution >= 0.6 is 0 Å². The zero-order valence-electron chi connectivity index (χ0n) is 16.4. The van der Waals surface area contributed by atoms with Crippen LogP contribution in [0.3, 0.4) is 0 Å². The van der Waals surface area contributed by atoms with E-state index in [1.165, 1.54) is 36.8 Å². The van der Waals surface area contributed by atoms with Gasteiger partial charge >= 0.3 is 12.1 Å². The van der Waals surface area contributed by atoms with Crippen molar-refractivity contribution >= 4 is 11.8 Å². The standard InChI is InChI=1S/C15H18F3N3O2.2C2H6/c16-15(17,18)14(23)20-19-13(22)12-6-4-11(5-7-12)10-21-8-2-1-3-9-21;2*1-2/h4-7H,1-3,8-10H2,(H,19,22)(H,20,23);2*1-2H3. The molecule has 0 radical (unpaired) electrons. The Balaban J connectivity index is 0.00000158. The number of nitrogens with zero attached hydrogens (tertiary/aromatic N) is 1. The zero-order valence-corrected chi connectivity index (χ0v) is 16.4. The smallest absolute Gasteiger partial charge is 0.299 e. The molecule has 1 aliphatic rings. The highest BCUT2D eigenvalue weighted by molar-refractivity contribution is 5.95. The van der Waals surface area contributed by atoms with E-state index >= 15 is 0 Å². The van der Waals surface area contributed by atoms with Crippen molar-refractivity contribution in [3.05, 3.63) is 35.4 Å². The summed E-state index contributed by atoms with van der Waals surface area (Å²) in [5.41, 5.74) is 4.27. The molecule has 8 heteroatoms. The summed E-state index contributed by atoms with van der Waals surface area (Å²) in [5.74, 6) is -3.01. The maximum absolute atomic E-state index is 12.0. The van der Waals surface area contributed by atoms with Crippen LogP contribution in [0.2, 0.25) is 0 Å². The van der Waals surface area contributed by atoms with Crippen molar-refractivity contribution < 1.29 is 22.8 Å². The van der Waals surface area contributed by atoms with Crippen LogP contribution in [0.5, 0.6) is 0 Å². The normalized spacial score (nSPS) is 14.0. The van der Waals surface area contributed by atoms with Crippen LogP contribution < -0.4 is 10.9 Å². The van der Waals surface area contributed by atoms with Gasteiger partial charge in [0.1, 0.15) is 0 Å². The molecule has 1 heterocycles. The van der Waals surface area contributed by atoms with Gasteiger partial charge in [0.25, 0.3) is 5.91 Å². The minimum atomic E-state index is -5.04. The summed E-state index contributed by atoms with van der Waals surface area (Å²) in [5, 5.41) is 0. The Hall–Kier alpha value is -2.09. The average molecular weight is 389 g/mol. The van der Waals surface area contributed by atoms with Gasteiger partial charge in [0, 0.05) is 12.1 Å². The first-order valence-corrected chi connectivity index (χ1v) is 9.35. The number of hydrogen-bond donors (Lipinski definition) is 2. The number of rotatable bonds is 3. The molecule has 154 valence electrons. The number of piperidine rings is 1. The lowest BCUT2D eigenvalue weighted by Gasteiger charge is -2.26. The van der Waals surface area contributed by atoms with Crippen molar-refractivity contribution in [1.82, 2.24) is 15.8 Å². The summed E-state index contributed by atoms with van der Waals surface area (Å²) >= 11 is 0. The highest BCUT2D eigenvalue weighted by atomic mass is 19.4. The third kappa shape index (κ3) is 9.42. The molecule has 27 heavy (non-hydrogen) atoms. The van der Waals surface area contributed by atoms with Gasteiger partial charge in [0.2, 0.25) is 0 Å². The molecule has 0 unspecified atom stereocenters. The first kappa shape index (κ1) is 24.9. The topological polar surface area (TPSA) is 61.4 Å². The van der Waals surface area contributed by atoms with Crippen molar-refractivity contribution in [2.75, 3.05) is 13.1 Å². The summed E-state index contributed by atoms with van der Waals surface area (Å²) in [6.07, 6.45) is -1.43. The molecule has 0 atom stereocenters. The van der Waals surface area contributed by atoms with Crippen LogP contribution in [-0.4, -0.2) is 36.0 Å². The van der Waals surface area contributed by atoms with E-state index in [2.05, 4.69) is 4.90 Å². The van der Waals surface area contributed by atoms with E-state index in [9.17, 15) is 22.8 Å². The van der Waals surface area contributed by atoms with Gasteiger partial charge in [-0.05, 0) is 43.6 Å². The number of hydrogen-bond acceptors (Lipinski definition) is 3. The largest absolute Gasteiger partial charge is 0.472 e. The monoisotopic (exact) mass is 389 g/mol. The number of benzene rings is 1. The highest BCUT2D eigenvalue weighted by Crippen LogP contribution is 2.14. The fourth-order valence-corrected chi connectivity index (χ4v) is 2.39. The fraction of sp³-hybridized carbons (Fsp3) is 0.579. The fourth-order valence-electron chi connectivity index (χ4n) is 2.39. The van der Waals surface area contributed by atoms with E-state index in [0.29, 0.717) is 0 Å². The number of halogens is 3. The van der Waals surface area contributed by atoms with Crippen LogP contribution in [0.25, 0.3) is 0 Å². The SMILES string of the molecule is CC.CC.O=C(NNC(=O)C(F)(F)F)c1ccc(CN2CCCCC2)cc1. The molecule has 1 aliphatic heterocycles. The maximum Gasteiger partial charge on any atom is 0.472 e. The molecule has 2 amide bonds. The second-order valence-corrected chi connectivity index (χ2v) is 5.44. The molecule has 5 nitrogen and oxygen atoms in total. The molecule has 0 bridgehead atoms. The maximum atomic E-state index is 12.0. The molecule has 0 spiro atoms. The van der Waals surface area contributed by atoms with Gasteiger partial charge in [-0.25, -0.2) is 0 Å². The Kier molecular flexibility index (Phi) is 12.1. The van der Waals surface area contributed by atoms with Gasteiger partial charge in [0.15, 0.2) is 0 Å². The van der Waals surface area contributed by atoms with Gasteiger partial charge in [0.05, 0.1) is 0 Å². The number of likely N-dealkylation sites (tertiary alicyclic amines) is 1. The van der Waals surface area contributed by atoms with Gasteiger partial charge in [-0.15, -0.1) is 0 Å². The molecule has 1 aromatic rings. The van der Waals surface area contributed by atoms with Crippen molar-refractivity contribution in [3.63, 3.8) is 0 Å². The van der Waals surface area contributed by atoms with Crippen molar-refractivity contribution in [2.45, 2.75) is 59.7 Å². The molecule has 0 aliphatic carbocycles. The quantitative estimate of drug-likeness (QED) is 0.767. The summed E-state index contributed by atoms with van der Waals surface area (Å²) < 4.78 is 36.0. The summed E-state index contributed by atoms with van der Waals surface area (Å²) in [6.45, 7) is 10.9. The second kappa shape index (κ2) is 13.1. The minimum absolute atomic E-state index is 0.176. The van der Waals surface area contributed by atoms with Crippen molar-refractivity contribution in [3.8, 4) is 0 Å². The van der Waals surface area contributed by atoms with Gasteiger partial charge in [-0.1, -0.05) is 46.2 Å². The number of amides is 2. The predicted molar refractivity (Wildman–Crippen MR) is 99.9 cm³/mol. The number of hydrazine groups is 1. The first-order valence-electron chi connectivity index (χ1n) is 9.35. The Morgan fingerprint density at radius 1 is 0.926 bits per heavy atom. The zero-order chi connectivity index (χ0) is 20.9. The van der Waals surface area contributed by atoms with E-state index in [1.807, 2.05) is 27.7 Å². The van der Waals surface area contributed by atoms with E-state index in [-0.39, 0.29) is 5.56 Å². The summed E-state index contributed by atoms with van der Waals surface area (Å²) in [4.78, 5) is 24.6. The highest BCUT2D eigenvalue weighted by Gasteiger charge is 2.38. The van der Waals surface area contributed by atoms with Crippen molar-refractivity contribution in [1.29, 1.82) is 0 Å². The Bertz CT molecular complexity index is 554. The van der Waals surface area contributed by atoms with Crippen LogP contribution in [0.4, 0.5) is 13.2 Å². The van der Waals surface area contributed by atoms with E-state index in [0.717, 1.165) is 25.2 Å². The van der Waals surface area contributed by atoms with Crippen LogP contribution in [0, 0.1) is 0 Å². The Labute approximate surface area is 159 Å². The number of carbonyl (C=O) groups is 2. The third-order valence-electron chi connectivity index (χ3n) is 3.62. The summed E-state index contributed by atoms with van der Waals surface area (Å²) in [7, 11) is 0. The van der Waals surface area contributed by atoms with Gasteiger partial charge in [-0.2, -0.15) is 13.2 Å². The van der Waals surface area contributed by atoms with E-state index in [1.54, 1.807) is 17.6 Å². The lowest BCUT2D eigenvalue weighted by Crippen LogP contribution is -2.47. The van der Waals surface area contributed by atoms with Crippen LogP contribution in [0.1, 0.15) is 62.9 Å². The first-order chi connectivity index (χ1) is 12.9. The Morgan fingerprint density at radius 2 is 1.44 bits per heavy atom. The van der Waals surface area contributed by atoms with Gasteiger partial charge < -0.3 is 0 Å². The van der Waals surface area contributed by atoms with Gasteiger partial charge in [-0.3, -0.25) is 25.3 Å². The molecular formula is C19H30F3N3O2. The van der Waals surface area contributed by atoms with Crippen LogP contribution in [0.15, 0.2) is 24.3 Å². The van der Waals surface area contributed by atoms with E-state index < -0.39 is 18.0 Å². The molecule has 1 saturated heterocycles. The molecule has 2 N–H and O–H groups in total. The molecular weight excluding hydrogens is 359 g/mol. The number of carbonyl (C=O) groups excluding carboxylic acids is 2. The minimum Gasteiger partial charge on any atom is -0.299 e. The van der Waals surface area contributed by atoms with Crippen molar-refractivity contribution in [2.24, 2.45) is 0 Å². The predicted octanol–water partition coefficient (Wildman–Crippen LogP) is 4.05. The molecule has 0 aromatic heterocycles. The molecule has 1 fully saturated rings. The average Bonchev–Trinajstić information content (AvgIpc) is 2.69. The number of alkyl halides is 3. The third-order valence-corrected chi connectivity index (χ3v) is 3.62.